The topological polar surface area (TPSA) is 21.7 Å². The van der Waals surface area contributed by atoms with E-state index < -0.39 is 11.7 Å². The van der Waals surface area contributed by atoms with E-state index in [1.807, 2.05) is 6.92 Å². The van der Waals surface area contributed by atoms with Crippen molar-refractivity contribution in [3.8, 4) is 0 Å². The van der Waals surface area contributed by atoms with Gasteiger partial charge in [0, 0.05) is 32.3 Å². The van der Waals surface area contributed by atoms with E-state index in [4.69, 9.17) is 9.47 Å². The smallest absolute Gasteiger partial charge is 0.416 e. The Labute approximate surface area is 134 Å². The highest BCUT2D eigenvalue weighted by Crippen LogP contribution is 2.32. The van der Waals surface area contributed by atoms with Crippen molar-refractivity contribution in [3.05, 3.63) is 41.2 Å². The molecule has 0 aromatic heterocycles. The normalized spacial score (nSPS) is 15.7. The maximum Gasteiger partial charge on any atom is 0.416 e. The molecule has 1 aliphatic rings. The summed E-state index contributed by atoms with van der Waals surface area (Å²) in [6, 6.07) is 5.36. The molecule has 128 valence electrons. The number of benzene rings is 1. The van der Waals surface area contributed by atoms with E-state index >= 15 is 0 Å². The molecule has 0 aliphatic carbocycles. The molecule has 23 heavy (non-hydrogen) atoms. The van der Waals surface area contributed by atoms with E-state index in [0.717, 1.165) is 55.9 Å². The minimum Gasteiger partial charge on any atom is -0.472 e. The third kappa shape index (κ3) is 4.64. The molecule has 1 aromatic rings. The number of anilines is 1. The summed E-state index contributed by atoms with van der Waals surface area (Å²) in [6.45, 7) is 3.84. The third-order valence-electron chi connectivity index (χ3n) is 3.99. The molecule has 2 rings (SSSR count). The van der Waals surface area contributed by atoms with Crippen LogP contribution < -0.4 is 4.90 Å². The number of rotatable bonds is 5. The highest BCUT2D eigenvalue weighted by molar-refractivity contribution is 5.49. The first-order chi connectivity index (χ1) is 11.0. The van der Waals surface area contributed by atoms with Crippen molar-refractivity contribution in [2.75, 3.05) is 31.9 Å². The van der Waals surface area contributed by atoms with Gasteiger partial charge in [-0.2, -0.15) is 13.2 Å². The first-order valence-electron chi connectivity index (χ1n) is 7.70. The zero-order valence-corrected chi connectivity index (χ0v) is 13.4. The van der Waals surface area contributed by atoms with Gasteiger partial charge in [0.1, 0.15) is 0 Å². The van der Waals surface area contributed by atoms with Gasteiger partial charge in [0.2, 0.25) is 0 Å². The van der Waals surface area contributed by atoms with E-state index in [2.05, 4.69) is 4.90 Å². The first kappa shape index (κ1) is 17.7. The van der Waals surface area contributed by atoms with Crippen molar-refractivity contribution in [2.24, 2.45) is 0 Å². The third-order valence-corrected chi connectivity index (χ3v) is 3.99. The van der Waals surface area contributed by atoms with Gasteiger partial charge in [0.15, 0.2) is 6.79 Å². The fraction of sp³-hybridized carbons (Fsp3) is 0.529. The summed E-state index contributed by atoms with van der Waals surface area (Å²) in [5.74, 6) is 0.971. The number of hydrogen-bond donors (Lipinski definition) is 0. The second-order valence-electron chi connectivity index (χ2n) is 5.46. The lowest BCUT2D eigenvalue weighted by molar-refractivity contribution is -0.137. The van der Waals surface area contributed by atoms with E-state index in [-0.39, 0.29) is 6.79 Å². The summed E-state index contributed by atoms with van der Waals surface area (Å²) in [6.07, 6.45) is -1.76. The molecule has 3 nitrogen and oxygen atoms in total. The van der Waals surface area contributed by atoms with Crippen LogP contribution in [0.25, 0.3) is 0 Å². The molecular formula is C17H22F3NO2. The van der Waals surface area contributed by atoms with E-state index in [0.29, 0.717) is 0 Å². The summed E-state index contributed by atoms with van der Waals surface area (Å²) in [4.78, 5) is 2.10. The van der Waals surface area contributed by atoms with Crippen molar-refractivity contribution in [1.82, 2.24) is 0 Å². The Morgan fingerprint density at radius 1 is 1.13 bits per heavy atom. The van der Waals surface area contributed by atoms with Crippen molar-refractivity contribution < 1.29 is 22.6 Å². The fourth-order valence-electron chi connectivity index (χ4n) is 2.76. The minimum absolute atomic E-state index is 0.245. The van der Waals surface area contributed by atoms with E-state index in [1.165, 1.54) is 5.57 Å². The number of allylic oxidation sites excluding steroid dienone is 1. The van der Waals surface area contributed by atoms with Crippen LogP contribution in [0.2, 0.25) is 0 Å². The molecule has 1 aliphatic heterocycles. The monoisotopic (exact) mass is 329 g/mol. The number of methoxy groups -OCH3 is 1. The zero-order valence-electron chi connectivity index (χ0n) is 13.4. The summed E-state index contributed by atoms with van der Waals surface area (Å²) < 4.78 is 48.3. The van der Waals surface area contributed by atoms with Crippen molar-refractivity contribution >= 4 is 5.69 Å². The molecule has 1 saturated heterocycles. The Kier molecular flexibility index (Phi) is 5.93. The number of piperidine rings is 1. The first-order valence-corrected chi connectivity index (χ1v) is 7.70. The van der Waals surface area contributed by atoms with E-state index in [9.17, 15) is 13.2 Å². The molecule has 1 aromatic carbocycles. The Hall–Kier alpha value is -1.69. The summed E-state index contributed by atoms with van der Waals surface area (Å²) in [5, 5.41) is 0. The lowest BCUT2D eigenvalue weighted by atomic mass is 10.0. The summed E-state index contributed by atoms with van der Waals surface area (Å²) in [5.41, 5.74) is 1.49. The van der Waals surface area contributed by atoms with Gasteiger partial charge in [-0.25, -0.2) is 0 Å². The van der Waals surface area contributed by atoms with Gasteiger partial charge in [-0.3, -0.25) is 0 Å². The lowest BCUT2D eigenvalue weighted by Crippen LogP contribution is -2.31. The van der Waals surface area contributed by atoms with Gasteiger partial charge in [0.25, 0.3) is 0 Å². The minimum atomic E-state index is -4.29. The van der Waals surface area contributed by atoms with Crippen LogP contribution >= 0.6 is 0 Å². The highest BCUT2D eigenvalue weighted by Gasteiger charge is 2.30. The number of nitrogens with zero attached hydrogens (tertiary/aromatic N) is 1. The van der Waals surface area contributed by atoms with Crippen LogP contribution in [-0.2, 0) is 15.7 Å². The molecular weight excluding hydrogens is 307 g/mol. The Bertz CT molecular complexity index is 528. The maximum atomic E-state index is 12.6. The molecule has 0 atom stereocenters. The summed E-state index contributed by atoms with van der Waals surface area (Å²) in [7, 11) is 1.59. The Morgan fingerprint density at radius 3 is 2.22 bits per heavy atom. The number of hydrogen-bond acceptors (Lipinski definition) is 3. The average Bonchev–Trinajstić information content (AvgIpc) is 2.55. The summed E-state index contributed by atoms with van der Waals surface area (Å²) >= 11 is 0. The molecule has 1 fully saturated rings. The number of ether oxygens (including phenoxy) is 2. The van der Waals surface area contributed by atoms with Gasteiger partial charge >= 0.3 is 6.18 Å². The average molecular weight is 329 g/mol. The molecule has 0 N–H and O–H groups in total. The molecule has 0 unspecified atom stereocenters. The van der Waals surface area contributed by atoms with Gasteiger partial charge in [-0.05, 0) is 42.7 Å². The molecule has 0 spiro atoms. The van der Waals surface area contributed by atoms with Crippen LogP contribution in [0, 0.1) is 0 Å². The van der Waals surface area contributed by atoms with Crippen LogP contribution in [0.3, 0.4) is 0 Å². The van der Waals surface area contributed by atoms with Gasteiger partial charge in [-0.15, -0.1) is 0 Å². The molecule has 1 heterocycles. The molecule has 0 amide bonds. The molecule has 0 bridgehead atoms. The van der Waals surface area contributed by atoms with Crippen LogP contribution in [0.5, 0.6) is 0 Å². The molecule has 6 heteroatoms. The van der Waals surface area contributed by atoms with Crippen LogP contribution in [0.15, 0.2) is 35.6 Å². The predicted octanol–water partition coefficient (Wildman–Crippen LogP) is 4.59. The van der Waals surface area contributed by atoms with E-state index in [1.54, 1.807) is 19.2 Å². The van der Waals surface area contributed by atoms with Crippen LogP contribution in [0.1, 0.15) is 31.7 Å². The largest absolute Gasteiger partial charge is 0.472 e. The quantitative estimate of drug-likeness (QED) is 0.582. The molecule has 0 saturated carbocycles. The molecule has 0 radical (unpaired) electrons. The van der Waals surface area contributed by atoms with Gasteiger partial charge in [0.05, 0.1) is 11.3 Å². The highest BCUT2D eigenvalue weighted by atomic mass is 19.4. The van der Waals surface area contributed by atoms with Crippen LogP contribution in [-0.4, -0.2) is 27.0 Å². The van der Waals surface area contributed by atoms with Crippen molar-refractivity contribution in [2.45, 2.75) is 32.4 Å². The Morgan fingerprint density at radius 2 is 1.74 bits per heavy atom. The standard InChI is InChI=1S/C17H22F3NO2/c1-3-16(23-12-22-2)13-8-10-21(11-9-13)15-6-4-14(5-7-15)17(18,19)20/h4-7H,3,8-12H2,1-2H3. The van der Waals surface area contributed by atoms with Gasteiger partial charge < -0.3 is 14.4 Å². The van der Waals surface area contributed by atoms with Crippen LogP contribution in [0.4, 0.5) is 18.9 Å². The zero-order chi connectivity index (χ0) is 16.9. The number of halogens is 3. The second kappa shape index (κ2) is 7.73. The SMILES string of the molecule is CCC(OCOC)=C1CCN(c2ccc(C(F)(F)F)cc2)CC1. The number of alkyl halides is 3. The maximum absolute atomic E-state index is 12.6. The lowest BCUT2D eigenvalue weighted by Gasteiger charge is -2.31. The fourth-order valence-corrected chi connectivity index (χ4v) is 2.76. The Balaban J connectivity index is 2.00. The van der Waals surface area contributed by atoms with Crippen molar-refractivity contribution in [3.63, 3.8) is 0 Å². The van der Waals surface area contributed by atoms with Gasteiger partial charge in [-0.1, -0.05) is 6.92 Å². The predicted molar refractivity (Wildman–Crippen MR) is 83.2 cm³/mol. The second-order valence-corrected chi connectivity index (χ2v) is 5.46. The van der Waals surface area contributed by atoms with Crippen molar-refractivity contribution in [1.29, 1.82) is 0 Å².